The van der Waals surface area contributed by atoms with Crippen molar-refractivity contribution < 1.29 is 9.23 Å². The molecule has 0 saturated heterocycles. The number of halogens is 1. The number of oxime groups is 1. The van der Waals surface area contributed by atoms with Crippen LogP contribution in [0.5, 0.6) is 0 Å². The number of pyridine rings is 1. The lowest BCUT2D eigenvalue weighted by molar-refractivity contribution is 0.159. The van der Waals surface area contributed by atoms with E-state index in [0.717, 1.165) is 16.5 Å². The number of hydrogen-bond acceptors (Lipinski definition) is 3. The van der Waals surface area contributed by atoms with Crippen LogP contribution in [0, 0.1) is 5.82 Å². The summed E-state index contributed by atoms with van der Waals surface area (Å²) in [4.78, 5) is 9.62. The monoisotopic (exact) mass is 294 g/mol. The fourth-order valence-corrected chi connectivity index (χ4v) is 2.24. The zero-order valence-electron chi connectivity index (χ0n) is 12.2. The normalized spacial score (nSPS) is 11.6. The fraction of sp³-hybridized carbons (Fsp3) is 0.111. The van der Waals surface area contributed by atoms with Crippen molar-refractivity contribution in [3.8, 4) is 0 Å². The molecule has 1 heterocycles. The third kappa shape index (κ3) is 2.96. The maximum Gasteiger partial charge on any atom is 0.123 e. The Hall–Kier alpha value is -2.75. The van der Waals surface area contributed by atoms with E-state index in [4.69, 9.17) is 4.84 Å². The van der Waals surface area contributed by atoms with Gasteiger partial charge in [-0.2, -0.15) is 0 Å². The van der Waals surface area contributed by atoms with E-state index >= 15 is 0 Å². The van der Waals surface area contributed by atoms with Crippen molar-refractivity contribution in [1.29, 1.82) is 0 Å². The lowest BCUT2D eigenvalue weighted by Gasteiger charge is -2.08. The molecule has 0 unspecified atom stereocenters. The first-order chi connectivity index (χ1) is 10.8. The fourth-order valence-electron chi connectivity index (χ4n) is 2.24. The molecule has 0 radical (unpaired) electrons. The highest BCUT2D eigenvalue weighted by Crippen LogP contribution is 2.17. The van der Waals surface area contributed by atoms with Crippen molar-refractivity contribution >= 4 is 16.6 Å². The van der Waals surface area contributed by atoms with Crippen molar-refractivity contribution in [3.63, 3.8) is 0 Å². The Balaban J connectivity index is 2.11. The lowest BCUT2D eigenvalue weighted by atomic mass is 10.0. The molecule has 0 bridgehead atoms. The summed E-state index contributed by atoms with van der Waals surface area (Å²) in [5, 5.41) is 5.14. The molecule has 0 aliphatic rings. The van der Waals surface area contributed by atoms with Crippen LogP contribution in [0.2, 0.25) is 0 Å². The average Bonchev–Trinajstić information content (AvgIpc) is 2.55. The predicted octanol–water partition coefficient (Wildman–Crippen LogP) is 4.16. The van der Waals surface area contributed by atoms with Gasteiger partial charge in [0.15, 0.2) is 0 Å². The molecule has 0 aliphatic heterocycles. The predicted molar refractivity (Wildman–Crippen MR) is 85.4 cm³/mol. The molecule has 3 aromatic rings. The van der Waals surface area contributed by atoms with E-state index in [9.17, 15) is 4.39 Å². The van der Waals surface area contributed by atoms with Gasteiger partial charge in [-0.15, -0.1) is 0 Å². The van der Waals surface area contributed by atoms with Crippen molar-refractivity contribution in [2.75, 3.05) is 6.61 Å². The summed E-state index contributed by atoms with van der Waals surface area (Å²) in [7, 11) is 0. The maximum absolute atomic E-state index is 13.5. The SMILES string of the molecule is CCON=C(c1cccc(F)c1)c1cnc2ccccc2c1. The second-order valence-corrected chi connectivity index (χ2v) is 4.78. The molecule has 0 amide bonds. The number of nitrogens with zero attached hydrogens (tertiary/aromatic N) is 2. The van der Waals surface area contributed by atoms with Gasteiger partial charge in [0, 0.05) is 22.7 Å². The minimum absolute atomic E-state index is 0.310. The molecule has 1 aromatic heterocycles. The Labute approximate surface area is 128 Å². The Bertz CT molecular complexity index is 830. The largest absolute Gasteiger partial charge is 0.396 e. The molecule has 0 saturated carbocycles. The van der Waals surface area contributed by atoms with Crippen LogP contribution < -0.4 is 0 Å². The highest BCUT2D eigenvalue weighted by Gasteiger charge is 2.10. The number of benzene rings is 2. The van der Waals surface area contributed by atoms with Crippen LogP contribution >= 0.6 is 0 Å². The summed E-state index contributed by atoms with van der Waals surface area (Å²) >= 11 is 0. The van der Waals surface area contributed by atoms with Gasteiger partial charge in [-0.25, -0.2) is 4.39 Å². The van der Waals surface area contributed by atoms with E-state index in [1.165, 1.54) is 12.1 Å². The zero-order chi connectivity index (χ0) is 15.4. The minimum Gasteiger partial charge on any atom is -0.396 e. The van der Waals surface area contributed by atoms with Crippen molar-refractivity contribution in [2.45, 2.75) is 6.92 Å². The van der Waals surface area contributed by atoms with Crippen LogP contribution in [0.3, 0.4) is 0 Å². The third-order valence-electron chi connectivity index (χ3n) is 3.25. The minimum atomic E-state index is -0.310. The van der Waals surface area contributed by atoms with E-state index in [-0.39, 0.29) is 5.82 Å². The molecular weight excluding hydrogens is 279 g/mol. The van der Waals surface area contributed by atoms with E-state index < -0.39 is 0 Å². The molecular formula is C18H15FN2O. The van der Waals surface area contributed by atoms with Gasteiger partial charge >= 0.3 is 0 Å². The van der Waals surface area contributed by atoms with Gasteiger partial charge in [0.1, 0.15) is 18.1 Å². The van der Waals surface area contributed by atoms with E-state index in [2.05, 4.69) is 10.1 Å². The number of rotatable bonds is 4. The van der Waals surface area contributed by atoms with Crippen LogP contribution in [0.15, 0.2) is 65.9 Å². The quantitative estimate of drug-likeness (QED) is 0.535. The van der Waals surface area contributed by atoms with Crippen LogP contribution in [0.4, 0.5) is 4.39 Å². The van der Waals surface area contributed by atoms with E-state index in [1.807, 2.05) is 37.3 Å². The molecule has 3 rings (SSSR count). The Morgan fingerprint density at radius 1 is 1.09 bits per heavy atom. The highest BCUT2D eigenvalue weighted by molar-refractivity contribution is 6.13. The molecule has 0 aliphatic carbocycles. The molecule has 4 heteroatoms. The zero-order valence-corrected chi connectivity index (χ0v) is 12.2. The molecule has 110 valence electrons. The molecule has 0 atom stereocenters. The number of fused-ring (bicyclic) bond motifs is 1. The van der Waals surface area contributed by atoms with Crippen LogP contribution in [0.1, 0.15) is 18.1 Å². The molecule has 0 N–H and O–H groups in total. The molecule has 22 heavy (non-hydrogen) atoms. The molecule has 0 spiro atoms. The summed E-state index contributed by atoms with van der Waals surface area (Å²) in [5.41, 5.74) is 2.92. The van der Waals surface area contributed by atoms with Gasteiger partial charge in [-0.3, -0.25) is 4.98 Å². The van der Waals surface area contributed by atoms with Crippen LogP contribution in [0.25, 0.3) is 10.9 Å². The number of para-hydroxylation sites is 1. The second kappa shape index (κ2) is 6.35. The summed E-state index contributed by atoms with van der Waals surface area (Å²) < 4.78 is 13.5. The van der Waals surface area contributed by atoms with Crippen molar-refractivity contribution in [1.82, 2.24) is 4.98 Å². The first-order valence-electron chi connectivity index (χ1n) is 7.09. The van der Waals surface area contributed by atoms with E-state index in [0.29, 0.717) is 17.9 Å². The average molecular weight is 294 g/mol. The van der Waals surface area contributed by atoms with Crippen molar-refractivity contribution in [3.05, 3.63) is 77.7 Å². The maximum atomic E-state index is 13.5. The Kier molecular flexibility index (Phi) is 4.10. The Morgan fingerprint density at radius 2 is 1.95 bits per heavy atom. The smallest absolute Gasteiger partial charge is 0.123 e. The van der Waals surface area contributed by atoms with Crippen molar-refractivity contribution in [2.24, 2.45) is 5.16 Å². The van der Waals surface area contributed by atoms with Gasteiger partial charge in [0.05, 0.1) is 5.52 Å². The summed E-state index contributed by atoms with van der Waals surface area (Å²) in [6, 6.07) is 16.1. The van der Waals surface area contributed by atoms with Gasteiger partial charge < -0.3 is 4.84 Å². The van der Waals surface area contributed by atoms with Gasteiger partial charge in [-0.1, -0.05) is 35.5 Å². The van der Waals surface area contributed by atoms with Gasteiger partial charge in [-0.05, 0) is 31.2 Å². The topological polar surface area (TPSA) is 34.5 Å². The van der Waals surface area contributed by atoms with Crippen LogP contribution in [-0.4, -0.2) is 17.3 Å². The van der Waals surface area contributed by atoms with Gasteiger partial charge in [0.25, 0.3) is 0 Å². The first kappa shape index (κ1) is 14.2. The summed E-state index contributed by atoms with van der Waals surface area (Å²) in [6.07, 6.45) is 1.73. The first-order valence-corrected chi connectivity index (χ1v) is 7.09. The lowest BCUT2D eigenvalue weighted by Crippen LogP contribution is -2.06. The molecule has 2 aromatic carbocycles. The third-order valence-corrected chi connectivity index (χ3v) is 3.25. The molecule has 0 fully saturated rings. The number of aromatic nitrogens is 1. The summed E-state index contributed by atoms with van der Waals surface area (Å²) in [6.45, 7) is 2.30. The highest BCUT2D eigenvalue weighted by atomic mass is 19.1. The second-order valence-electron chi connectivity index (χ2n) is 4.78. The van der Waals surface area contributed by atoms with E-state index in [1.54, 1.807) is 18.3 Å². The van der Waals surface area contributed by atoms with Gasteiger partial charge in [0.2, 0.25) is 0 Å². The summed E-state index contributed by atoms with van der Waals surface area (Å²) in [5.74, 6) is -0.310. The standard InChI is InChI=1S/C18H15FN2O/c1-2-22-21-18(14-7-5-8-16(19)11-14)15-10-13-6-3-4-9-17(13)20-12-15/h3-12H,2H2,1H3. The van der Waals surface area contributed by atoms with Crippen LogP contribution in [-0.2, 0) is 4.84 Å². The molecule has 3 nitrogen and oxygen atoms in total. The Morgan fingerprint density at radius 3 is 2.77 bits per heavy atom. The number of hydrogen-bond donors (Lipinski definition) is 0.